The zero-order chi connectivity index (χ0) is 20.9. The molecule has 0 bridgehead atoms. The van der Waals surface area contributed by atoms with Gasteiger partial charge in [0.2, 0.25) is 0 Å². The average molecular weight is 404 g/mol. The molecule has 4 rings (SSSR count). The van der Waals surface area contributed by atoms with Gasteiger partial charge in [-0.1, -0.05) is 43.7 Å². The molecule has 1 aliphatic carbocycles. The zero-order valence-electron chi connectivity index (χ0n) is 18.2. The SMILES string of the molecule is CCCCN(C[C@@H](O)c1cc2c(c3ccccc13)CCCC2)c1ccc(OC)cc1. The highest BCUT2D eigenvalue weighted by atomic mass is 16.5. The Balaban J connectivity index is 1.66. The van der Waals surface area contributed by atoms with Crippen LogP contribution in [-0.4, -0.2) is 25.3 Å². The van der Waals surface area contributed by atoms with E-state index in [4.69, 9.17) is 4.74 Å². The molecule has 1 atom stereocenters. The quantitative estimate of drug-likeness (QED) is 0.496. The van der Waals surface area contributed by atoms with Crippen LogP contribution in [0.3, 0.4) is 0 Å². The van der Waals surface area contributed by atoms with Gasteiger partial charge in [-0.25, -0.2) is 0 Å². The lowest BCUT2D eigenvalue weighted by Crippen LogP contribution is -2.30. The summed E-state index contributed by atoms with van der Waals surface area (Å²) >= 11 is 0. The number of ether oxygens (including phenoxy) is 1. The molecule has 3 aromatic carbocycles. The highest BCUT2D eigenvalue weighted by Crippen LogP contribution is 2.35. The van der Waals surface area contributed by atoms with Gasteiger partial charge in [0.15, 0.2) is 0 Å². The topological polar surface area (TPSA) is 32.7 Å². The summed E-state index contributed by atoms with van der Waals surface area (Å²) in [5.41, 5.74) is 5.12. The van der Waals surface area contributed by atoms with Crippen LogP contribution in [-0.2, 0) is 12.8 Å². The predicted octanol–water partition coefficient (Wildman–Crippen LogP) is 6.07. The van der Waals surface area contributed by atoms with Crippen molar-refractivity contribution in [1.29, 1.82) is 0 Å². The van der Waals surface area contributed by atoms with Crippen LogP contribution in [0, 0.1) is 0 Å². The number of benzene rings is 3. The number of nitrogens with zero attached hydrogens (tertiary/aromatic N) is 1. The third-order valence-corrected chi connectivity index (χ3v) is 6.37. The summed E-state index contributed by atoms with van der Waals surface area (Å²) in [7, 11) is 1.69. The zero-order valence-corrected chi connectivity index (χ0v) is 18.2. The fourth-order valence-electron chi connectivity index (χ4n) is 4.71. The number of anilines is 1. The smallest absolute Gasteiger partial charge is 0.119 e. The maximum atomic E-state index is 11.4. The van der Waals surface area contributed by atoms with E-state index in [1.165, 1.54) is 34.7 Å². The lowest BCUT2D eigenvalue weighted by atomic mass is 9.84. The predicted molar refractivity (Wildman–Crippen MR) is 126 cm³/mol. The first-order valence-corrected chi connectivity index (χ1v) is 11.3. The van der Waals surface area contributed by atoms with E-state index >= 15 is 0 Å². The van der Waals surface area contributed by atoms with Crippen LogP contribution < -0.4 is 9.64 Å². The van der Waals surface area contributed by atoms with Crippen LogP contribution >= 0.6 is 0 Å². The monoisotopic (exact) mass is 403 g/mol. The van der Waals surface area contributed by atoms with E-state index in [0.29, 0.717) is 6.54 Å². The molecular weight excluding hydrogens is 370 g/mol. The van der Waals surface area contributed by atoms with Gasteiger partial charge in [0.05, 0.1) is 13.2 Å². The Morgan fingerprint density at radius 2 is 1.73 bits per heavy atom. The molecule has 1 aliphatic rings. The Bertz CT molecular complexity index is 980. The number of methoxy groups -OCH3 is 1. The van der Waals surface area contributed by atoms with Crippen molar-refractivity contribution in [3.63, 3.8) is 0 Å². The Morgan fingerprint density at radius 3 is 2.47 bits per heavy atom. The molecule has 3 heteroatoms. The number of aliphatic hydroxyl groups excluding tert-OH is 1. The molecule has 0 aliphatic heterocycles. The molecule has 0 aromatic heterocycles. The first-order valence-electron chi connectivity index (χ1n) is 11.3. The maximum Gasteiger partial charge on any atom is 0.119 e. The molecule has 0 fully saturated rings. The molecular formula is C27H33NO2. The minimum absolute atomic E-state index is 0.527. The summed E-state index contributed by atoms with van der Waals surface area (Å²) in [6, 6.07) is 19.1. The normalized spacial score (nSPS) is 14.4. The van der Waals surface area contributed by atoms with E-state index in [0.717, 1.165) is 49.2 Å². The van der Waals surface area contributed by atoms with Crippen molar-refractivity contribution in [2.75, 3.05) is 25.1 Å². The number of hydrogen-bond donors (Lipinski definition) is 1. The van der Waals surface area contributed by atoms with E-state index < -0.39 is 6.10 Å². The Labute approximate surface area is 180 Å². The molecule has 158 valence electrons. The van der Waals surface area contributed by atoms with Crippen molar-refractivity contribution in [2.24, 2.45) is 0 Å². The van der Waals surface area contributed by atoms with E-state index in [1.807, 2.05) is 12.1 Å². The van der Waals surface area contributed by atoms with Crippen molar-refractivity contribution >= 4 is 16.5 Å². The second-order valence-corrected chi connectivity index (χ2v) is 8.37. The largest absolute Gasteiger partial charge is 0.497 e. The van der Waals surface area contributed by atoms with Gasteiger partial charge in [-0.2, -0.15) is 0 Å². The summed E-state index contributed by atoms with van der Waals surface area (Å²) < 4.78 is 5.31. The van der Waals surface area contributed by atoms with Crippen LogP contribution in [0.5, 0.6) is 5.75 Å². The molecule has 0 heterocycles. The van der Waals surface area contributed by atoms with Gasteiger partial charge in [0.1, 0.15) is 5.75 Å². The molecule has 30 heavy (non-hydrogen) atoms. The fourth-order valence-corrected chi connectivity index (χ4v) is 4.71. The highest BCUT2D eigenvalue weighted by Gasteiger charge is 2.21. The molecule has 0 radical (unpaired) electrons. The molecule has 0 unspecified atom stereocenters. The fraction of sp³-hybridized carbons (Fsp3) is 0.407. The van der Waals surface area contributed by atoms with Gasteiger partial charge in [-0.15, -0.1) is 0 Å². The highest BCUT2D eigenvalue weighted by molar-refractivity contribution is 5.90. The molecule has 3 nitrogen and oxygen atoms in total. The Hall–Kier alpha value is -2.52. The number of hydrogen-bond acceptors (Lipinski definition) is 3. The van der Waals surface area contributed by atoms with Crippen molar-refractivity contribution in [1.82, 2.24) is 0 Å². The number of aryl methyl sites for hydroxylation is 2. The Kier molecular flexibility index (Phi) is 6.59. The number of fused-ring (bicyclic) bond motifs is 3. The van der Waals surface area contributed by atoms with Crippen molar-refractivity contribution in [2.45, 2.75) is 51.6 Å². The third kappa shape index (κ3) is 4.32. The van der Waals surface area contributed by atoms with Gasteiger partial charge in [-0.05, 0) is 83.8 Å². The number of unbranched alkanes of at least 4 members (excludes halogenated alkanes) is 1. The maximum absolute atomic E-state index is 11.4. The molecule has 0 saturated carbocycles. The summed E-state index contributed by atoms with van der Waals surface area (Å²) in [4.78, 5) is 2.31. The molecule has 0 saturated heterocycles. The second kappa shape index (κ2) is 9.53. The summed E-state index contributed by atoms with van der Waals surface area (Å²) in [5, 5.41) is 13.9. The van der Waals surface area contributed by atoms with E-state index in [1.54, 1.807) is 7.11 Å². The first-order chi connectivity index (χ1) is 14.7. The minimum atomic E-state index is -0.527. The van der Waals surface area contributed by atoms with E-state index in [9.17, 15) is 5.11 Å². The Morgan fingerprint density at radius 1 is 1.00 bits per heavy atom. The summed E-state index contributed by atoms with van der Waals surface area (Å²) in [5.74, 6) is 0.857. The van der Waals surface area contributed by atoms with Crippen LogP contribution in [0.15, 0.2) is 54.6 Å². The molecule has 0 amide bonds. The molecule has 1 N–H and O–H groups in total. The van der Waals surface area contributed by atoms with Crippen LogP contribution in [0.1, 0.15) is 55.4 Å². The lowest BCUT2D eigenvalue weighted by molar-refractivity contribution is 0.184. The van der Waals surface area contributed by atoms with Crippen molar-refractivity contribution < 1.29 is 9.84 Å². The van der Waals surface area contributed by atoms with Gasteiger partial charge in [0.25, 0.3) is 0 Å². The summed E-state index contributed by atoms with van der Waals surface area (Å²) in [6.45, 7) is 3.73. The second-order valence-electron chi connectivity index (χ2n) is 8.37. The van der Waals surface area contributed by atoms with E-state index in [-0.39, 0.29) is 0 Å². The van der Waals surface area contributed by atoms with Crippen molar-refractivity contribution in [3.05, 3.63) is 71.3 Å². The average Bonchev–Trinajstić information content (AvgIpc) is 2.81. The standard InChI is InChI=1S/C27H33NO2/c1-3-4-17-28(21-13-15-22(30-2)16-14-21)19-27(29)26-18-20-9-5-6-10-23(20)24-11-7-8-12-25(24)26/h7-8,11-16,18,27,29H,3-6,9-10,17,19H2,1-2H3/t27-/m1/s1. The number of rotatable bonds is 8. The van der Waals surface area contributed by atoms with Gasteiger partial charge >= 0.3 is 0 Å². The van der Waals surface area contributed by atoms with Gasteiger partial charge in [0, 0.05) is 18.8 Å². The number of aliphatic hydroxyl groups is 1. The van der Waals surface area contributed by atoms with Crippen molar-refractivity contribution in [3.8, 4) is 5.75 Å². The van der Waals surface area contributed by atoms with Crippen LogP contribution in [0.2, 0.25) is 0 Å². The summed E-state index contributed by atoms with van der Waals surface area (Å²) in [6.07, 6.45) is 6.49. The lowest BCUT2D eigenvalue weighted by Gasteiger charge is -2.29. The minimum Gasteiger partial charge on any atom is -0.497 e. The van der Waals surface area contributed by atoms with Gasteiger partial charge < -0.3 is 14.7 Å². The van der Waals surface area contributed by atoms with E-state index in [2.05, 4.69) is 54.3 Å². The molecule has 0 spiro atoms. The third-order valence-electron chi connectivity index (χ3n) is 6.37. The van der Waals surface area contributed by atoms with Crippen LogP contribution in [0.4, 0.5) is 5.69 Å². The first kappa shape index (κ1) is 20.7. The van der Waals surface area contributed by atoms with Crippen LogP contribution in [0.25, 0.3) is 10.8 Å². The molecule has 3 aromatic rings. The van der Waals surface area contributed by atoms with Gasteiger partial charge in [-0.3, -0.25) is 0 Å².